The van der Waals surface area contributed by atoms with Gasteiger partial charge in [-0.3, -0.25) is 14.4 Å². The number of allylic oxidation sites excluding steroid dienone is 2. The smallest absolute Gasteiger partial charge is 0.328 e. The zero-order valence-corrected chi connectivity index (χ0v) is 35.6. The zero-order valence-electron chi connectivity index (χ0n) is 35.6. The largest absolute Gasteiger partial charge is 0.478 e. The summed E-state index contributed by atoms with van der Waals surface area (Å²) in [6.07, 6.45) is 24.4. The predicted molar refractivity (Wildman–Crippen MR) is 239 cm³/mol. The minimum absolute atomic E-state index is 0. The van der Waals surface area contributed by atoms with Gasteiger partial charge in [0.25, 0.3) is 0 Å². The minimum atomic E-state index is -0.926. The molecule has 3 saturated carbocycles. The van der Waals surface area contributed by atoms with Gasteiger partial charge in [0.15, 0.2) is 5.78 Å². The number of carboxylic acid groups (broad SMARTS) is 1. The van der Waals surface area contributed by atoms with Crippen LogP contribution in [0.1, 0.15) is 126 Å². The van der Waals surface area contributed by atoms with Crippen LogP contribution in [-0.2, 0) is 36.8 Å². The van der Waals surface area contributed by atoms with E-state index >= 15 is 0 Å². The molecular formula is C49H72FN3O6. The summed E-state index contributed by atoms with van der Waals surface area (Å²) in [5.41, 5.74) is 3.01. The number of carboxylic acids is 1. The van der Waals surface area contributed by atoms with E-state index in [1.807, 2.05) is 57.0 Å². The quantitative estimate of drug-likeness (QED) is 0.137. The monoisotopic (exact) mass is 818 g/mol. The lowest BCUT2D eigenvalue weighted by atomic mass is 9.77. The van der Waals surface area contributed by atoms with E-state index in [-0.39, 0.29) is 51.5 Å². The number of terminal acetylenes is 1. The molecule has 10 heteroatoms. The number of likely N-dealkylation sites (N-methyl/N-ethyl adjacent to an activating group) is 1. The third-order valence-electron chi connectivity index (χ3n) is 11.9. The minimum Gasteiger partial charge on any atom is -0.478 e. The van der Waals surface area contributed by atoms with Crippen LogP contribution < -0.4 is 16.0 Å². The molecule has 4 N–H and O–H groups in total. The molecule has 2 aromatic rings. The van der Waals surface area contributed by atoms with Crippen LogP contribution in [0.25, 0.3) is 0 Å². The number of para-hydroxylation sites is 1. The summed E-state index contributed by atoms with van der Waals surface area (Å²) in [4.78, 5) is 57.7. The van der Waals surface area contributed by atoms with Gasteiger partial charge in [-0.05, 0) is 119 Å². The Kier molecular flexibility index (Phi) is 19.8. The highest BCUT2D eigenvalue weighted by molar-refractivity contribution is 5.95. The Morgan fingerprint density at radius 3 is 2.37 bits per heavy atom. The van der Waals surface area contributed by atoms with E-state index in [2.05, 4.69) is 40.9 Å². The van der Waals surface area contributed by atoms with Gasteiger partial charge in [-0.15, -0.1) is 12.3 Å². The van der Waals surface area contributed by atoms with Crippen molar-refractivity contribution < 1.29 is 37.7 Å². The van der Waals surface area contributed by atoms with Gasteiger partial charge >= 0.3 is 5.97 Å². The summed E-state index contributed by atoms with van der Waals surface area (Å²) >= 11 is 0. The van der Waals surface area contributed by atoms with Crippen LogP contribution in [0.5, 0.6) is 0 Å². The highest BCUT2D eigenvalue weighted by Gasteiger charge is 2.60. The van der Waals surface area contributed by atoms with Gasteiger partial charge in [-0.25, -0.2) is 9.18 Å². The molecule has 7 rings (SSSR count). The number of nitrogens with one attached hydrogen (secondary N) is 3. The number of fused-ring (bicyclic) bond motifs is 4. The Morgan fingerprint density at radius 2 is 1.73 bits per heavy atom. The maximum atomic E-state index is 13.4. The molecule has 2 amide bonds. The molecule has 5 atom stereocenters. The van der Waals surface area contributed by atoms with E-state index < -0.39 is 11.5 Å². The third kappa shape index (κ3) is 14.9. The maximum absolute atomic E-state index is 13.4. The van der Waals surface area contributed by atoms with E-state index in [9.17, 15) is 23.6 Å². The standard InChI is InChI=1S/C28H39N3O3.C12H11FO2.C6H8.C2H6.CH2O.3H2/c1-29-27(34)28-19-22(28)13-6-3-2-4-9-16-24(30-23-14-7-5-8-15-23)25(32)18-20-11-10-12-21(17-20)26(33)31-28;13-11-3-1-2-9-6-8(7-12(14)15)4-5-10(9)11;1-3-6(2)4-5-6;2*1-2;;;/h5-8,13-15,20-22,24,30H,2-4,9-12,16-19H2,1H3,(H,29,34)(H,31,33);1-3,7H,4-6H2,(H,14,15);1H,4-5H2,2H3;1-2H3;1H2;3*1H/b13-6-;8-7-;;;;;;/t20?,21-,22-,24+,28-;;;;;;;/m1......./s1. The number of halogens is 1. The number of hydrogen-bond donors (Lipinski definition) is 4. The lowest BCUT2D eigenvalue weighted by Gasteiger charge is -2.30. The van der Waals surface area contributed by atoms with Gasteiger partial charge in [0, 0.05) is 46.8 Å². The average molecular weight is 818 g/mol. The van der Waals surface area contributed by atoms with Gasteiger partial charge in [0.05, 0.1) is 6.04 Å². The Labute approximate surface area is 355 Å². The molecule has 5 aliphatic rings. The first kappa shape index (κ1) is 48.3. The second-order valence-electron chi connectivity index (χ2n) is 16.3. The molecule has 2 aromatic carbocycles. The van der Waals surface area contributed by atoms with E-state index in [0.29, 0.717) is 37.5 Å². The van der Waals surface area contributed by atoms with Gasteiger partial charge < -0.3 is 25.9 Å². The number of aliphatic carboxylic acids is 1. The maximum Gasteiger partial charge on any atom is 0.328 e. The van der Waals surface area contributed by atoms with E-state index in [1.165, 1.54) is 25.0 Å². The number of ketones is 1. The number of Topliss-reactive ketones (excluding diaryl/α,β-unsaturated/α-hetero) is 1. The number of benzene rings is 2. The van der Waals surface area contributed by atoms with Gasteiger partial charge in [-0.2, -0.15) is 0 Å². The van der Waals surface area contributed by atoms with Crippen molar-refractivity contribution in [2.75, 3.05) is 12.4 Å². The van der Waals surface area contributed by atoms with Crippen molar-refractivity contribution in [1.29, 1.82) is 0 Å². The molecule has 1 unspecified atom stereocenters. The fourth-order valence-corrected chi connectivity index (χ4v) is 8.06. The number of amides is 2. The lowest BCUT2D eigenvalue weighted by Crippen LogP contribution is -2.51. The first-order chi connectivity index (χ1) is 28.4. The molecule has 3 fully saturated rings. The molecule has 1 aliphatic heterocycles. The molecule has 0 aromatic heterocycles. The molecular weight excluding hydrogens is 746 g/mol. The SMILES string of the molecule is C#CC1(C)CC1.C=O.CC.CNC(=O)[C@@]12C[C@H]1/C=C\CCCCC[C@H](Nc1ccccc1)C(=O)CC1CCC[C@H](C1)C(=O)N2.O=C(O)/C=C1/CCc2c(F)cccc2C1.[HH].[HH].[HH]. The van der Waals surface area contributed by atoms with Crippen molar-refractivity contribution in [2.24, 2.45) is 23.2 Å². The van der Waals surface area contributed by atoms with Crippen molar-refractivity contribution in [3.63, 3.8) is 0 Å². The second kappa shape index (κ2) is 24.1. The summed E-state index contributed by atoms with van der Waals surface area (Å²) < 4.78 is 13.3. The molecule has 0 radical (unpaired) electrons. The first-order valence-electron chi connectivity index (χ1n) is 21.5. The van der Waals surface area contributed by atoms with E-state index in [0.717, 1.165) is 80.2 Å². The van der Waals surface area contributed by atoms with Crippen molar-refractivity contribution in [2.45, 2.75) is 135 Å². The van der Waals surface area contributed by atoms with Crippen LogP contribution in [0.3, 0.4) is 0 Å². The summed E-state index contributed by atoms with van der Waals surface area (Å²) in [5, 5.41) is 18.0. The molecule has 59 heavy (non-hydrogen) atoms. The molecule has 4 aliphatic carbocycles. The lowest BCUT2D eigenvalue weighted by molar-refractivity contribution is -0.133. The van der Waals surface area contributed by atoms with Gasteiger partial charge in [0.2, 0.25) is 11.8 Å². The van der Waals surface area contributed by atoms with Gasteiger partial charge in [0.1, 0.15) is 18.1 Å². The molecule has 2 bridgehead atoms. The van der Waals surface area contributed by atoms with Crippen LogP contribution in [0.4, 0.5) is 10.1 Å². The number of carbonyl (C=O) groups is 5. The summed E-state index contributed by atoms with van der Waals surface area (Å²) in [6.45, 7) is 8.12. The number of hydrogen-bond acceptors (Lipinski definition) is 6. The molecule has 0 saturated heterocycles. The molecule has 1 heterocycles. The third-order valence-corrected chi connectivity index (χ3v) is 11.9. The summed E-state index contributed by atoms with van der Waals surface area (Å²) in [7, 11) is 1.63. The normalized spacial score (nSPS) is 26.5. The van der Waals surface area contributed by atoms with Crippen LogP contribution >= 0.6 is 0 Å². The Hall–Kier alpha value is -5.04. The van der Waals surface area contributed by atoms with Crippen LogP contribution in [0.15, 0.2) is 72.3 Å². The highest BCUT2D eigenvalue weighted by atomic mass is 19.1. The van der Waals surface area contributed by atoms with Crippen molar-refractivity contribution in [1.82, 2.24) is 10.6 Å². The Bertz CT molecular complexity index is 1820. The Morgan fingerprint density at radius 1 is 1.00 bits per heavy atom. The van der Waals surface area contributed by atoms with E-state index in [1.54, 1.807) is 13.1 Å². The molecule has 0 spiro atoms. The molecule has 326 valence electrons. The number of carbonyl (C=O) groups excluding carboxylic acids is 4. The zero-order chi connectivity index (χ0) is 43.4. The van der Waals surface area contributed by atoms with Crippen LogP contribution in [0, 0.1) is 41.3 Å². The average Bonchev–Trinajstić information content (AvgIpc) is 4.18. The van der Waals surface area contributed by atoms with Crippen LogP contribution in [0.2, 0.25) is 0 Å². The van der Waals surface area contributed by atoms with Crippen molar-refractivity contribution >= 4 is 36.0 Å². The predicted octanol–water partition coefficient (Wildman–Crippen LogP) is 9.70. The fraction of sp³-hybridized carbons (Fsp3) is 0.531. The fourth-order valence-electron chi connectivity index (χ4n) is 8.06. The van der Waals surface area contributed by atoms with Crippen molar-refractivity contribution in [3.8, 4) is 12.3 Å². The summed E-state index contributed by atoms with van der Waals surface area (Å²) in [6, 6.07) is 14.7. The number of anilines is 1. The topological polar surface area (TPSA) is 142 Å². The van der Waals surface area contributed by atoms with Gasteiger partial charge in [-0.1, -0.05) is 81.2 Å². The summed E-state index contributed by atoms with van der Waals surface area (Å²) in [5.74, 6) is 1.88. The second-order valence-corrected chi connectivity index (χ2v) is 16.3. The van der Waals surface area contributed by atoms with E-state index in [4.69, 9.17) is 16.3 Å². The van der Waals surface area contributed by atoms with Crippen LogP contribution in [-0.4, -0.2) is 54.1 Å². The van der Waals surface area contributed by atoms with Crippen molar-refractivity contribution in [3.05, 3.63) is 89.3 Å². The highest BCUT2D eigenvalue weighted by Crippen LogP contribution is 2.46. The number of rotatable bonds is 4. The Balaban J connectivity index is 0.00000110. The molecule has 9 nitrogen and oxygen atoms in total. The first-order valence-corrected chi connectivity index (χ1v) is 21.5.